The van der Waals surface area contributed by atoms with Gasteiger partial charge < -0.3 is 0 Å². The third-order valence-electron chi connectivity index (χ3n) is 2.88. The lowest BCUT2D eigenvalue weighted by Gasteiger charge is -2.06. The smallest absolute Gasteiger partial charge is 0.257 e. The normalized spacial score (nSPS) is 13.0. The molecular formula is C15H16O5S2. The molecule has 0 saturated carbocycles. The second kappa shape index (κ2) is 7.15. The summed E-state index contributed by atoms with van der Waals surface area (Å²) in [5.41, 5.74) is 1.97. The first-order chi connectivity index (χ1) is 10.4. The molecule has 0 amide bonds. The van der Waals surface area contributed by atoms with E-state index in [1.807, 2.05) is 13.8 Å². The fourth-order valence-corrected chi connectivity index (χ4v) is 3.09. The van der Waals surface area contributed by atoms with E-state index in [1.165, 1.54) is 12.1 Å². The summed E-state index contributed by atoms with van der Waals surface area (Å²) in [7, 11) is -3.92. The molecule has 0 fully saturated rings. The van der Waals surface area contributed by atoms with Crippen molar-refractivity contribution in [3.8, 4) is 0 Å². The van der Waals surface area contributed by atoms with Crippen LogP contribution in [0.2, 0.25) is 0 Å². The van der Waals surface area contributed by atoms with Crippen LogP contribution in [0.15, 0.2) is 58.3 Å². The van der Waals surface area contributed by atoms with E-state index in [0.717, 1.165) is 11.1 Å². The van der Waals surface area contributed by atoms with Gasteiger partial charge in [-0.05, 0) is 38.1 Å². The fourth-order valence-electron chi connectivity index (χ4n) is 1.62. The molecule has 0 saturated heterocycles. The van der Waals surface area contributed by atoms with Crippen LogP contribution >= 0.6 is 0 Å². The van der Waals surface area contributed by atoms with E-state index >= 15 is 0 Å². The first-order valence-corrected chi connectivity index (χ1v) is 8.94. The molecule has 2 aromatic rings. The summed E-state index contributed by atoms with van der Waals surface area (Å²) >= 11 is -1.78. The molecule has 0 bridgehead atoms. The molecule has 2 aromatic carbocycles. The second-order valence-electron chi connectivity index (χ2n) is 4.67. The maximum Gasteiger partial charge on any atom is 0.299 e. The molecule has 7 heteroatoms. The summed E-state index contributed by atoms with van der Waals surface area (Å²) in [6.07, 6.45) is 0. The minimum absolute atomic E-state index is 0.0304. The quantitative estimate of drug-likeness (QED) is 0.597. The van der Waals surface area contributed by atoms with Crippen molar-refractivity contribution < 1.29 is 21.0 Å². The highest BCUT2D eigenvalue weighted by Gasteiger charge is 2.16. The standard InChI is InChI=1S/C15H16O5S2/c1-12-3-7-14(8-4-12)21(16)19-11-20-22(17,18)15-9-5-13(2)6-10-15/h3-10H,11H2,1-2H3. The molecule has 0 heterocycles. The van der Waals surface area contributed by atoms with E-state index in [4.69, 9.17) is 8.37 Å². The summed E-state index contributed by atoms with van der Waals surface area (Å²) in [5.74, 6) is 0. The van der Waals surface area contributed by atoms with Crippen LogP contribution in [0.25, 0.3) is 0 Å². The van der Waals surface area contributed by atoms with Gasteiger partial charge in [0.2, 0.25) is 0 Å². The third kappa shape index (κ3) is 4.48. The van der Waals surface area contributed by atoms with Gasteiger partial charge >= 0.3 is 0 Å². The highest BCUT2D eigenvalue weighted by atomic mass is 32.2. The molecular weight excluding hydrogens is 324 g/mol. The molecule has 118 valence electrons. The summed E-state index contributed by atoms with van der Waals surface area (Å²) in [5, 5.41) is 0. The van der Waals surface area contributed by atoms with Crippen LogP contribution < -0.4 is 0 Å². The van der Waals surface area contributed by atoms with Gasteiger partial charge in [0.25, 0.3) is 10.1 Å². The average molecular weight is 340 g/mol. The predicted molar refractivity (Wildman–Crippen MR) is 83.0 cm³/mol. The Labute approximate surface area is 132 Å². The van der Waals surface area contributed by atoms with Crippen LogP contribution in [0, 0.1) is 13.8 Å². The van der Waals surface area contributed by atoms with Crippen LogP contribution in [0.3, 0.4) is 0 Å². The summed E-state index contributed by atoms with van der Waals surface area (Å²) < 4.78 is 45.3. The number of aryl methyl sites for hydroxylation is 2. The van der Waals surface area contributed by atoms with Gasteiger partial charge in [-0.15, -0.1) is 0 Å². The van der Waals surface area contributed by atoms with Gasteiger partial charge in [0, 0.05) is 0 Å². The Morgan fingerprint density at radius 2 is 1.41 bits per heavy atom. The van der Waals surface area contributed by atoms with Crippen molar-refractivity contribution in [3.05, 3.63) is 59.7 Å². The highest BCUT2D eigenvalue weighted by Crippen LogP contribution is 2.14. The first kappa shape index (κ1) is 16.8. The zero-order chi connectivity index (χ0) is 16.2. The summed E-state index contributed by atoms with van der Waals surface area (Å²) in [6, 6.07) is 13.1. The van der Waals surface area contributed by atoms with E-state index in [0.29, 0.717) is 4.90 Å². The summed E-state index contributed by atoms with van der Waals surface area (Å²) in [6.45, 7) is 3.15. The molecule has 0 radical (unpaired) electrons. The lowest BCUT2D eigenvalue weighted by atomic mass is 10.2. The number of rotatable bonds is 6. The van der Waals surface area contributed by atoms with Gasteiger partial charge in [-0.3, -0.25) is 4.18 Å². The lowest BCUT2D eigenvalue weighted by Crippen LogP contribution is -2.11. The third-order valence-corrected chi connectivity index (χ3v) is 5.10. The molecule has 2 rings (SSSR count). The van der Waals surface area contributed by atoms with E-state index in [9.17, 15) is 12.6 Å². The van der Waals surface area contributed by atoms with Crippen LogP contribution in [0.5, 0.6) is 0 Å². The molecule has 1 atom stereocenters. The summed E-state index contributed by atoms with van der Waals surface area (Å²) in [4.78, 5) is 0.477. The van der Waals surface area contributed by atoms with E-state index in [2.05, 4.69) is 0 Å². The van der Waals surface area contributed by atoms with Crippen molar-refractivity contribution in [2.75, 3.05) is 6.79 Å². The highest BCUT2D eigenvalue weighted by molar-refractivity contribution is 7.86. The Kier molecular flexibility index (Phi) is 5.47. The van der Waals surface area contributed by atoms with Crippen LogP contribution in [0.1, 0.15) is 11.1 Å². The van der Waals surface area contributed by atoms with Crippen LogP contribution in [-0.2, 0) is 29.6 Å². The Balaban J connectivity index is 1.94. The molecule has 0 aliphatic carbocycles. The minimum atomic E-state index is -3.92. The fraction of sp³-hybridized carbons (Fsp3) is 0.200. The maximum atomic E-state index is 11.9. The Hall–Kier alpha value is -1.54. The van der Waals surface area contributed by atoms with Gasteiger partial charge in [0.15, 0.2) is 17.9 Å². The predicted octanol–water partition coefficient (Wildman–Crippen LogP) is 2.71. The Morgan fingerprint density at radius 3 is 1.95 bits per heavy atom. The molecule has 0 N–H and O–H groups in total. The zero-order valence-electron chi connectivity index (χ0n) is 12.2. The monoisotopic (exact) mass is 340 g/mol. The Morgan fingerprint density at radius 1 is 0.909 bits per heavy atom. The van der Waals surface area contributed by atoms with Gasteiger partial charge in [-0.2, -0.15) is 8.42 Å². The zero-order valence-corrected chi connectivity index (χ0v) is 13.8. The molecule has 0 aromatic heterocycles. The average Bonchev–Trinajstić information content (AvgIpc) is 2.48. The minimum Gasteiger partial charge on any atom is -0.257 e. The Bertz CT molecular complexity index is 750. The number of hydrogen-bond acceptors (Lipinski definition) is 5. The van der Waals surface area contributed by atoms with Crippen LogP contribution in [-0.4, -0.2) is 19.4 Å². The molecule has 0 spiro atoms. The molecule has 5 nitrogen and oxygen atoms in total. The topological polar surface area (TPSA) is 69.7 Å². The van der Waals surface area contributed by atoms with Gasteiger partial charge in [0.1, 0.15) is 0 Å². The van der Waals surface area contributed by atoms with Crippen molar-refractivity contribution in [2.24, 2.45) is 0 Å². The number of hydrogen-bond donors (Lipinski definition) is 0. The molecule has 1 unspecified atom stereocenters. The second-order valence-corrected chi connectivity index (χ2v) is 7.46. The van der Waals surface area contributed by atoms with Gasteiger partial charge in [0.05, 0.1) is 9.79 Å². The van der Waals surface area contributed by atoms with Crippen LogP contribution in [0.4, 0.5) is 0 Å². The largest absolute Gasteiger partial charge is 0.299 e. The van der Waals surface area contributed by atoms with Crippen molar-refractivity contribution in [3.63, 3.8) is 0 Å². The van der Waals surface area contributed by atoms with E-state index in [1.54, 1.807) is 36.4 Å². The molecule has 22 heavy (non-hydrogen) atoms. The van der Waals surface area contributed by atoms with Gasteiger partial charge in [-0.25, -0.2) is 8.39 Å². The molecule has 0 aliphatic heterocycles. The number of benzene rings is 2. The maximum absolute atomic E-state index is 11.9. The van der Waals surface area contributed by atoms with Crippen molar-refractivity contribution in [2.45, 2.75) is 23.6 Å². The van der Waals surface area contributed by atoms with Crippen molar-refractivity contribution in [1.82, 2.24) is 0 Å². The first-order valence-electron chi connectivity index (χ1n) is 6.46. The van der Waals surface area contributed by atoms with Gasteiger partial charge in [-0.1, -0.05) is 35.4 Å². The SMILES string of the molecule is Cc1ccc(S(=O)OCOS(=O)(=O)c2ccc(C)cc2)cc1. The van der Waals surface area contributed by atoms with Crippen molar-refractivity contribution >= 4 is 21.2 Å². The molecule has 0 aliphatic rings. The van der Waals surface area contributed by atoms with Crippen molar-refractivity contribution in [1.29, 1.82) is 0 Å². The lowest BCUT2D eigenvalue weighted by molar-refractivity contribution is 0.141. The van der Waals surface area contributed by atoms with E-state index < -0.39 is 28.0 Å². The van der Waals surface area contributed by atoms with E-state index in [-0.39, 0.29) is 4.90 Å².